The van der Waals surface area contributed by atoms with Crippen molar-refractivity contribution < 1.29 is 8.95 Å². The molecule has 1 saturated carbocycles. The molecule has 0 N–H and O–H groups in total. The van der Waals surface area contributed by atoms with Crippen LogP contribution in [0, 0.1) is 0 Å². The molecule has 2 rings (SSSR count). The summed E-state index contributed by atoms with van der Waals surface area (Å²) in [7, 11) is -1.21. The molecule has 0 bridgehead atoms. The van der Waals surface area contributed by atoms with Gasteiger partial charge in [-0.2, -0.15) is 4.40 Å². The summed E-state index contributed by atoms with van der Waals surface area (Å²) in [4.78, 5) is 0. The molecule has 4 heteroatoms. The van der Waals surface area contributed by atoms with E-state index in [0.29, 0.717) is 6.10 Å². The smallest absolute Gasteiger partial charge is 0.144 e. The van der Waals surface area contributed by atoms with Crippen LogP contribution < -0.4 is 4.74 Å². The van der Waals surface area contributed by atoms with Crippen LogP contribution >= 0.6 is 0 Å². The maximum absolute atomic E-state index is 11.8. The van der Waals surface area contributed by atoms with Gasteiger partial charge in [0.15, 0.2) is 0 Å². The summed E-state index contributed by atoms with van der Waals surface area (Å²) in [5.74, 6) is 0.864. The summed E-state index contributed by atoms with van der Waals surface area (Å²) in [6, 6.07) is 7.74. The van der Waals surface area contributed by atoms with Gasteiger partial charge in [0.1, 0.15) is 16.7 Å². The molecular weight excluding hydrogens is 246 g/mol. The Kier molecular flexibility index (Phi) is 3.85. The van der Waals surface area contributed by atoms with Crippen LogP contribution in [0.1, 0.15) is 39.2 Å². The molecule has 1 aliphatic rings. The van der Waals surface area contributed by atoms with Crippen molar-refractivity contribution in [3.05, 3.63) is 29.8 Å². The highest BCUT2D eigenvalue weighted by Crippen LogP contribution is 2.26. The zero-order valence-corrected chi connectivity index (χ0v) is 11.9. The molecule has 18 heavy (non-hydrogen) atoms. The van der Waals surface area contributed by atoms with E-state index in [1.807, 2.05) is 45.0 Å². The third-order valence-corrected chi connectivity index (χ3v) is 3.85. The van der Waals surface area contributed by atoms with E-state index in [2.05, 4.69) is 4.40 Å². The van der Waals surface area contributed by atoms with Crippen LogP contribution in [0.5, 0.6) is 5.75 Å². The standard InChI is InChI=1S/C14H19NO2S/c1-14(2,3)18(16)15-10-11-5-4-6-13(9-11)17-12-7-8-12/h4-6,9-10,12H,7-8H2,1-3H3/b15-10+/t18-/m1/s1. The van der Waals surface area contributed by atoms with E-state index in [0.717, 1.165) is 24.2 Å². The molecular formula is C14H19NO2S. The lowest BCUT2D eigenvalue weighted by Crippen LogP contribution is -2.19. The maximum Gasteiger partial charge on any atom is 0.144 e. The second-order valence-electron chi connectivity index (χ2n) is 5.49. The summed E-state index contributed by atoms with van der Waals surface area (Å²) in [6.45, 7) is 5.73. The van der Waals surface area contributed by atoms with Gasteiger partial charge in [-0.05, 0) is 51.3 Å². The lowest BCUT2D eigenvalue weighted by atomic mass is 10.2. The lowest BCUT2D eigenvalue weighted by Gasteiger charge is -2.12. The minimum atomic E-state index is -1.21. The highest BCUT2D eigenvalue weighted by atomic mass is 32.2. The van der Waals surface area contributed by atoms with Crippen molar-refractivity contribution in [2.45, 2.75) is 44.5 Å². The Labute approximate surface area is 111 Å². The zero-order valence-electron chi connectivity index (χ0n) is 11.1. The summed E-state index contributed by atoms with van der Waals surface area (Å²) in [5.41, 5.74) is 0.922. The SMILES string of the molecule is CC(C)(C)[S@@](=O)/N=C/c1cccc(OC2CC2)c1. The van der Waals surface area contributed by atoms with Crippen LogP contribution in [-0.2, 0) is 11.0 Å². The van der Waals surface area contributed by atoms with Gasteiger partial charge in [0.2, 0.25) is 0 Å². The van der Waals surface area contributed by atoms with Crippen LogP contribution in [0.15, 0.2) is 28.7 Å². The van der Waals surface area contributed by atoms with Crippen molar-refractivity contribution in [2.75, 3.05) is 0 Å². The fraction of sp³-hybridized carbons (Fsp3) is 0.500. The van der Waals surface area contributed by atoms with Crippen molar-refractivity contribution in [3.63, 3.8) is 0 Å². The minimum Gasteiger partial charge on any atom is -0.490 e. The monoisotopic (exact) mass is 265 g/mol. The second-order valence-corrected chi connectivity index (χ2v) is 7.42. The summed E-state index contributed by atoms with van der Waals surface area (Å²) >= 11 is 0. The van der Waals surface area contributed by atoms with Crippen molar-refractivity contribution >= 4 is 17.2 Å². The van der Waals surface area contributed by atoms with Gasteiger partial charge in [-0.3, -0.25) is 0 Å². The molecule has 1 atom stereocenters. The highest BCUT2D eigenvalue weighted by Gasteiger charge is 2.23. The van der Waals surface area contributed by atoms with Crippen molar-refractivity contribution in [1.29, 1.82) is 0 Å². The predicted molar refractivity (Wildman–Crippen MR) is 75.6 cm³/mol. The Hall–Kier alpha value is -1.16. The van der Waals surface area contributed by atoms with Gasteiger partial charge in [-0.1, -0.05) is 12.1 Å². The first kappa shape index (κ1) is 13.3. The van der Waals surface area contributed by atoms with Gasteiger partial charge in [0, 0.05) is 6.21 Å². The van der Waals surface area contributed by atoms with E-state index in [1.165, 1.54) is 0 Å². The van der Waals surface area contributed by atoms with Crippen LogP contribution in [0.25, 0.3) is 0 Å². The molecule has 0 heterocycles. The first-order valence-electron chi connectivity index (χ1n) is 6.18. The van der Waals surface area contributed by atoms with E-state index in [-0.39, 0.29) is 4.75 Å². The summed E-state index contributed by atoms with van der Waals surface area (Å²) < 4.78 is 21.3. The predicted octanol–water partition coefficient (Wildman–Crippen LogP) is 3.11. The first-order valence-corrected chi connectivity index (χ1v) is 7.28. The topological polar surface area (TPSA) is 38.7 Å². The van der Waals surface area contributed by atoms with E-state index in [1.54, 1.807) is 6.21 Å². The van der Waals surface area contributed by atoms with E-state index >= 15 is 0 Å². The average molecular weight is 265 g/mol. The van der Waals surface area contributed by atoms with Crippen LogP contribution in [0.2, 0.25) is 0 Å². The minimum absolute atomic E-state index is 0.321. The maximum atomic E-state index is 11.8. The molecule has 0 unspecified atom stereocenters. The Morgan fingerprint density at radius 2 is 2.11 bits per heavy atom. The first-order chi connectivity index (χ1) is 8.45. The molecule has 3 nitrogen and oxygen atoms in total. The number of ether oxygens (including phenoxy) is 1. The third kappa shape index (κ3) is 3.95. The molecule has 0 aromatic heterocycles. The molecule has 98 valence electrons. The number of rotatable bonds is 4. The van der Waals surface area contributed by atoms with E-state index < -0.39 is 11.0 Å². The molecule has 1 aromatic carbocycles. The fourth-order valence-corrected chi connectivity index (χ4v) is 1.85. The number of hydrogen-bond acceptors (Lipinski definition) is 2. The summed E-state index contributed by atoms with van der Waals surface area (Å²) in [5, 5.41) is 0. The normalized spacial score (nSPS) is 17.9. The van der Waals surface area contributed by atoms with Gasteiger partial charge in [0.25, 0.3) is 0 Å². The number of benzene rings is 1. The van der Waals surface area contributed by atoms with Crippen LogP contribution in [0.4, 0.5) is 0 Å². The summed E-state index contributed by atoms with van der Waals surface area (Å²) in [6.07, 6.45) is 4.33. The molecule has 1 aliphatic carbocycles. The Balaban J connectivity index is 2.04. The van der Waals surface area contributed by atoms with E-state index in [9.17, 15) is 4.21 Å². The Bertz CT molecular complexity index is 473. The van der Waals surface area contributed by atoms with E-state index in [4.69, 9.17) is 4.74 Å². The average Bonchev–Trinajstić information content (AvgIpc) is 3.09. The van der Waals surface area contributed by atoms with Crippen LogP contribution in [-0.4, -0.2) is 21.3 Å². The van der Waals surface area contributed by atoms with Gasteiger partial charge in [-0.25, -0.2) is 4.21 Å². The van der Waals surface area contributed by atoms with Crippen molar-refractivity contribution in [1.82, 2.24) is 0 Å². The van der Waals surface area contributed by atoms with Crippen LogP contribution in [0.3, 0.4) is 0 Å². The van der Waals surface area contributed by atoms with Crippen molar-refractivity contribution in [3.8, 4) is 5.75 Å². The van der Waals surface area contributed by atoms with Gasteiger partial charge < -0.3 is 4.74 Å². The van der Waals surface area contributed by atoms with Gasteiger partial charge in [-0.15, -0.1) is 0 Å². The Morgan fingerprint density at radius 3 is 2.72 bits per heavy atom. The zero-order chi connectivity index (χ0) is 13.2. The molecule has 1 fully saturated rings. The third-order valence-electron chi connectivity index (χ3n) is 2.51. The molecule has 0 radical (unpaired) electrons. The highest BCUT2D eigenvalue weighted by molar-refractivity contribution is 7.85. The number of nitrogens with zero attached hydrogens (tertiary/aromatic N) is 1. The molecule has 0 amide bonds. The van der Waals surface area contributed by atoms with Crippen molar-refractivity contribution in [2.24, 2.45) is 4.40 Å². The molecule has 0 saturated heterocycles. The molecule has 0 aliphatic heterocycles. The number of hydrogen-bond donors (Lipinski definition) is 0. The molecule has 1 aromatic rings. The second kappa shape index (κ2) is 5.22. The van der Waals surface area contributed by atoms with Gasteiger partial charge >= 0.3 is 0 Å². The quantitative estimate of drug-likeness (QED) is 0.785. The fourth-order valence-electron chi connectivity index (χ4n) is 1.31. The lowest BCUT2D eigenvalue weighted by molar-refractivity contribution is 0.303. The Morgan fingerprint density at radius 1 is 1.39 bits per heavy atom. The molecule has 0 spiro atoms. The largest absolute Gasteiger partial charge is 0.490 e. The van der Waals surface area contributed by atoms with Gasteiger partial charge in [0.05, 0.1) is 10.9 Å².